The molecule has 1 aliphatic rings. The number of nitrogens with two attached hydrogens (primary N) is 1. The van der Waals surface area contributed by atoms with Crippen molar-refractivity contribution in [1.82, 2.24) is 15.1 Å². The molecule has 1 saturated carbocycles. The average molecular weight is 393 g/mol. The zero-order valence-corrected chi connectivity index (χ0v) is 16.1. The molecular formula is C18H21ClN4O2S. The first-order chi connectivity index (χ1) is 12.1. The van der Waals surface area contributed by atoms with E-state index < -0.39 is 5.54 Å². The monoisotopic (exact) mass is 392 g/mol. The number of thiazole rings is 1. The lowest BCUT2D eigenvalue weighted by atomic mass is 9.99. The lowest BCUT2D eigenvalue weighted by Crippen LogP contribution is -2.34. The van der Waals surface area contributed by atoms with Crippen molar-refractivity contribution in [3.8, 4) is 17.2 Å². The van der Waals surface area contributed by atoms with E-state index in [9.17, 15) is 0 Å². The number of benzene rings is 1. The van der Waals surface area contributed by atoms with E-state index in [1.54, 1.807) is 11.3 Å². The van der Waals surface area contributed by atoms with E-state index in [0.717, 1.165) is 47.7 Å². The van der Waals surface area contributed by atoms with Crippen LogP contribution in [0.4, 0.5) is 0 Å². The van der Waals surface area contributed by atoms with Crippen molar-refractivity contribution < 1.29 is 9.26 Å². The quantitative estimate of drug-likeness (QED) is 0.699. The highest BCUT2D eigenvalue weighted by Gasteiger charge is 2.36. The molecule has 8 heteroatoms. The van der Waals surface area contributed by atoms with Crippen LogP contribution in [-0.4, -0.2) is 15.1 Å². The third-order valence-electron chi connectivity index (χ3n) is 4.50. The number of nitrogens with zero attached hydrogens (tertiary/aromatic N) is 3. The molecule has 0 aliphatic heterocycles. The molecule has 138 valence electrons. The lowest BCUT2D eigenvalue weighted by molar-refractivity contribution is 0.302. The van der Waals surface area contributed by atoms with Crippen molar-refractivity contribution in [3.63, 3.8) is 0 Å². The topological polar surface area (TPSA) is 87.1 Å². The Labute approximate surface area is 162 Å². The Balaban J connectivity index is 0.00000196. The standard InChI is InChI=1S/C18H20N4O2S.ClH/c1-12-20-14(11-25-12)10-23-15-6-4-5-13(9-15)16-21-17(22-24-16)18(19)7-2-3-8-18;/h4-6,9,11H,2-3,7-8,10,19H2,1H3;1H. The molecule has 0 radical (unpaired) electrons. The van der Waals surface area contributed by atoms with Gasteiger partial charge in [0.25, 0.3) is 5.89 Å². The van der Waals surface area contributed by atoms with Gasteiger partial charge < -0.3 is 15.0 Å². The first-order valence-electron chi connectivity index (χ1n) is 8.40. The van der Waals surface area contributed by atoms with E-state index in [1.807, 2.05) is 36.6 Å². The number of hydrogen-bond acceptors (Lipinski definition) is 7. The van der Waals surface area contributed by atoms with Gasteiger partial charge in [0.15, 0.2) is 5.82 Å². The Morgan fingerprint density at radius 3 is 2.81 bits per heavy atom. The number of halogens is 1. The van der Waals surface area contributed by atoms with Gasteiger partial charge in [0.05, 0.1) is 16.2 Å². The predicted octanol–water partition coefficient (Wildman–Crippen LogP) is 4.23. The van der Waals surface area contributed by atoms with Crippen LogP contribution in [0, 0.1) is 6.92 Å². The summed E-state index contributed by atoms with van der Waals surface area (Å²) >= 11 is 1.62. The second-order valence-corrected chi connectivity index (χ2v) is 7.52. The normalized spacial score (nSPS) is 15.6. The fraction of sp³-hybridized carbons (Fsp3) is 0.389. The van der Waals surface area contributed by atoms with Crippen molar-refractivity contribution in [3.05, 3.63) is 46.2 Å². The van der Waals surface area contributed by atoms with Crippen molar-refractivity contribution in [1.29, 1.82) is 0 Å². The van der Waals surface area contributed by atoms with Crippen LogP contribution >= 0.6 is 23.7 Å². The van der Waals surface area contributed by atoms with Crippen LogP contribution in [0.1, 0.15) is 42.2 Å². The molecule has 1 aliphatic carbocycles. The number of ether oxygens (including phenoxy) is 1. The summed E-state index contributed by atoms with van der Waals surface area (Å²) in [4.78, 5) is 8.93. The van der Waals surface area contributed by atoms with E-state index in [4.69, 9.17) is 15.0 Å². The maximum atomic E-state index is 6.40. The van der Waals surface area contributed by atoms with Gasteiger partial charge in [0, 0.05) is 10.9 Å². The molecule has 26 heavy (non-hydrogen) atoms. The second kappa shape index (κ2) is 7.73. The summed E-state index contributed by atoms with van der Waals surface area (Å²) in [5.41, 5.74) is 7.71. The first kappa shape index (κ1) is 18.8. The molecule has 2 N–H and O–H groups in total. The Kier molecular flexibility index (Phi) is 5.60. The third-order valence-corrected chi connectivity index (χ3v) is 5.32. The van der Waals surface area contributed by atoms with Crippen LogP contribution in [-0.2, 0) is 12.1 Å². The number of hydrogen-bond donors (Lipinski definition) is 1. The molecule has 0 spiro atoms. The van der Waals surface area contributed by atoms with Gasteiger partial charge >= 0.3 is 0 Å². The minimum Gasteiger partial charge on any atom is -0.487 e. The molecule has 4 rings (SSSR count). The lowest BCUT2D eigenvalue weighted by Gasteiger charge is -2.17. The predicted molar refractivity (Wildman–Crippen MR) is 102 cm³/mol. The summed E-state index contributed by atoms with van der Waals surface area (Å²) < 4.78 is 11.3. The first-order valence-corrected chi connectivity index (χ1v) is 9.28. The van der Waals surface area contributed by atoms with Crippen LogP contribution in [0.15, 0.2) is 34.2 Å². The third kappa shape index (κ3) is 3.90. The van der Waals surface area contributed by atoms with Crippen molar-refractivity contribution in [2.24, 2.45) is 5.73 Å². The van der Waals surface area contributed by atoms with Crippen LogP contribution in [0.5, 0.6) is 5.75 Å². The fourth-order valence-corrected chi connectivity index (χ4v) is 3.72. The van der Waals surface area contributed by atoms with Crippen LogP contribution in [0.25, 0.3) is 11.5 Å². The van der Waals surface area contributed by atoms with E-state index in [2.05, 4.69) is 15.1 Å². The highest BCUT2D eigenvalue weighted by atomic mass is 35.5. The molecule has 6 nitrogen and oxygen atoms in total. The summed E-state index contributed by atoms with van der Waals surface area (Å²) in [6.45, 7) is 2.42. The Hall–Kier alpha value is -1.96. The molecular weight excluding hydrogens is 372 g/mol. The van der Waals surface area contributed by atoms with Gasteiger partial charge in [-0.15, -0.1) is 23.7 Å². The minimum atomic E-state index is -0.446. The molecule has 2 heterocycles. The highest BCUT2D eigenvalue weighted by molar-refractivity contribution is 7.09. The summed E-state index contributed by atoms with van der Waals surface area (Å²) in [5.74, 6) is 1.82. The van der Waals surface area contributed by atoms with Gasteiger partial charge in [-0.3, -0.25) is 0 Å². The molecule has 1 aromatic carbocycles. The van der Waals surface area contributed by atoms with Gasteiger partial charge in [-0.1, -0.05) is 24.1 Å². The zero-order valence-electron chi connectivity index (χ0n) is 14.5. The Bertz CT molecular complexity index is 873. The van der Waals surface area contributed by atoms with E-state index in [0.29, 0.717) is 18.3 Å². The Morgan fingerprint density at radius 1 is 1.27 bits per heavy atom. The van der Waals surface area contributed by atoms with Gasteiger partial charge in [0.2, 0.25) is 0 Å². The number of aryl methyl sites for hydroxylation is 1. The second-order valence-electron chi connectivity index (χ2n) is 6.46. The maximum Gasteiger partial charge on any atom is 0.258 e. The van der Waals surface area contributed by atoms with E-state index in [-0.39, 0.29) is 12.4 Å². The molecule has 3 aromatic rings. The van der Waals surface area contributed by atoms with Crippen LogP contribution in [0.3, 0.4) is 0 Å². The van der Waals surface area contributed by atoms with Gasteiger partial charge in [-0.05, 0) is 38.0 Å². The zero-order chi connectivity index (χ0) is 17.3. The van der Waals surface area contributed by atoms with E-state index >= 15 is 0 Å². The van der Waals surface area contributed by atoms with Crippen LogP contribution in [0.2, 0.25) is 0 Å². The van der Waals surface area contributed by atoms with Crippen molar-refractivity contribution >= 4 is 23.7 Å². The molecule has 2 aromatic heterocycles. The molecule has 0 amide bonds. The summed E-state index contributed by atoms with van der Waals surface area (Å²) in [6, 6.07) is 7.64. The molecule has 0 atom stereocenters. The van der Waals surface area contributed by atoms with Crippen LogP contribution < -0.4 is 10.5 Å². The smallest absolute Gasteiger partial charge is 0.258 e. The average Bonchev–Trinajstić information content (AvgIpc) is 3.34. The van der Waals surface area contributed by atoms with Gasteiger partial charge in [-0.25, -0.2) is 4.98 Å². The molecule has 0 unspecified atom stereocenters. The van der Waals surface area contributed by atoms with Gasteiger partial charge in [0.1, 0.15) is 12.4 Å². The number of aromatic nitrogens is 3. The van der Waals surface area contributed by atoms with Gasteiger partial charge in [-0.2, -0.15) is 4.98 Å². The SMILES string of the molecule is Cc1nc(COc2cccc(-c3nc(C4(N)CCCC4)no3)c2)cs1.Cl. The Morgan fingerprint density at radius 2 is 2.08 bits per heavy atom. The molecule has 0 bridgehead atoms. The number of rotatable bonds is 5. The molecule has 1 fully saturated rings. The van der Waals surface area contributed by atoms with E-state index in [1.165, 1.54) is 0 Å². The molecule has 0 saturated heterocycles. The highest BCUT2D eigenvalue weighted by Crippen LogP contribution is 2.35. The fourth-order valence-electron chi connectivity index (χ4n) is 3.12. The minimum absolute atomic E-state index is 0. The maximum absolute atomic E-state index is 6.40. The van der Waals surface area contributed by atoms with Crippen molar-refractivity contribution in [2.45, 2.75) is 44.8 Å². The summed E-state index contributed by atoms with van der Waals surface area (Å²) in [6.07, 6.45) is 4.03. The summed E-state index contributed by atoms with van der Waals surface area (Å²) in [5, 5.41) is 7.15. The van der Waals surface area contributed by atoms with Crippen molar-refractivity contribution in [2.75, 3.05) is 0 Å². The summed E-state index contributed by atoms with van der Waals surface area (Å²) in [7, 11) is 0. The largest absolute Gasteiger partial charge is 0.487 e.